The first kappa shape index (κ1) is 12.2. The molecule has 3 aliphatic rings. The topological polar surface area (TPSA) is 26.3 Å². The fourth-order valence-corrected chi connectivity index (χ4v) is 5.33. The monoisotopic (exact) mass is 268 g/mol. The van der Waals surface area contributed by atoms with Crippen molar-refractivity contribution in [2.75, 3.05) is 0 Å². The largest absolute Gasteiger partial charge is 0.455 e. The van der Waals surface area contributed by atoms with Gasteiger partial charge in [0.1, 0.15) is 5.60 Å². The van der Waals surface area contributed by atoms with E-state index in [9.17, 15) is 4.79 Å². The van der Waals surface area contributed by atoms with Gasteiger partial charge in [-0.3, -0.25) is 0 Å². The maximum Gasteiger partial charge on any atom is 0.338 e. The highest BCUT2D eigenvalue weighted by atomic mass is 16.6. The van der Waals surface area contributed by atoms with Gasteiger partial charge in [-0.15, -0.1) is 0 Å². The molecule has 0 N–H and O–H groups in total. The van der Waals surface area contributed by atoms with Gasteiger partial charge < -0.3 is 4.74 Å². The number of rotatable bonds is 3. The van der Waals surface area contributed by atoms with Gasteiger partial charge in [-0.05, 0) is 49.3 Å². The Kier molecular flexibility index (Phi) is 2.16. The Morgan fingerprint density at radius 2 is 2.05 bits per heavy atom. The number of ether oxygens (including phenoxy) is 1. The molecule has 3 fully saturated rings. The van der Waals surface area contributed by atoms with E-state index in [-0.39, 0.29) is 11.6 Å². The standard InChI is InChI=1S/C18H20O2/c1-4-12-5-7-13(8-6-12)16(19)20-17(3)15-10-9-14-11(2)18(14,15)17/h4-8,11,14-15H,1,9-10H2,2-3H3/t11-,14?,15?,17?,18?/m1/s1. The van der Waals surface area contributed by atoms with Gasteiger partial charge in [0, 0.05) is 11.3 Å². The molecule has 0 saturated heterocycles. The summed E-state index contributed by atoms with van der Waals surface area (Å²) >= 11 is 0. The molecule has 3 saturated carbocycles. The summed E-state index contributed by atoms with van der Waals surface area (Å²) in [7, 11) is 0. The first-order valence-electron chi connectivity index (χ1n) is 7.51. The van der Waals surface area contributed by atoms with E-state index in [1.165, 1.54) is 12.8 Å². The van der Waals surface area contributed by atoms with Crippen LogP contribution in [0.3, 0.4) is 0 Å². The number of hydrogen-bond acceptors (Lipinski definition) is 2. The summed E-state index contributed by atoms with van der Waals surface area (Å²) in [5, 5.41) is 0. The fraction of sp³-hybridized carbons (Fsp3) is 0.500. The summed E-state index contributed by atoms with van der Waals surface area (Å²) in [6.07, 6.45) is 4.33. The number of carbonyl (C=O) groups is 1. The number of hydrogen-bond donors (Lipinski definition) is 0. The average Bonchev–Trinajstić information content (AvgIpc) is 3.12. The molecule has 0 amide bonds. The lowest BCUT2D eigenvalue weighted by Crippen LogP contribution is -2.22. The Morgan fingerprint density at radius 1 is 1.35 bits per heavy atom. The maximum absolute atomic E-state index is 12.4. The quantitative estimate of drug-likeness (QED) is 0.777. The van der Waals surface area contributed by atoms with Gasteiger partial charge in [0.15, 0.2) is 0 Å². The molecule has 1 spiro atoms. The van der Waals surface area contributed by atoms with Crippen LogP contribution >= 0.6 is 0 Å². The van der Waals surface area contributed by atoms with E-state index in [1.807, 2.05) is 24.3 Å². The number of carbonyl (C=O) groups excluding carboxylic acids is 1. The summed E-state index contributed by atoms with van der Waals surface area (Å²) in [4.78, 5) is 12.4. The first-order chi connectivity index (χ1) is 9.55. The highest BCUT2D eigenvalue weighted by Gasteiger charge is 2.93. The van der Waals surface area contributed by atoms with Crippen LogP contribution in [0.5, 0.6) is 0 Å². The van der Waals surface area contributed by atoms with Gasteiger partial charge in [0.2, 0.25) is 0 Å². The van der Waals surface area contributed by atoms with E-state index in [2.05, 4.69) is 20.4 Å². The molecule has 1 aromatic carbocycles. The lowest BCUT2D eigenvalue weighted by Gasteiger charge is -2.16. The molecule has 0 aromatic heterocycles. The molecule has 20 heavy (non-hydrogen) atoms. The van der Waals surface area contributed by atoms with Gasteiger partial charge in [-0.25, -0.2) is 4.79 Å². The van der Waals surface area contributed by atoms with E-state index in [1.54, 1.807) is 6.08 Å². The van der Waals surface area contributed by atoms with Gasteiger partial charge in [0.25, 0.3) is 0 Å². The molecule has 5 atom stereocenters. The van der Waals surface area contributed by atoms with Crippen molar-refractivity contribution in [1.29, 1.82) is 0 Å². The third-order valence-electron chi connectivity index (χ3n) is 6.33. The van der Waals surface area contributed by atoms with Crippen LogP contribution in [0, 0.1) is 23.2 Å². The Bertz CT molecular complexity index is 602. The average molecular weight is 268 g/mol. The van der Waals surface area contributed by atoms with Crippen LogP contribution in [0.15, 0.2) is 30.8 Å². The van der Waals surface area contributed by atoms with Crippen molar-refractivity contribution in [3.63, 3.8) is 0 Å². The molecule has 104 valence electrons. The Hall–Kier alpha value is -1.57. The molecule has 4 unspecified atom stereocenters. The molecule has 0 bridgehead atoms. The molecule has 3 aliphatic carbocycles. The van der Waals surface area contributed by atoms with E-state index in [4.69, 9.17) is 4.74 Å². The van der Waals surface area contributed by atoms with E-state index in [0.29, 0.717) is 16.9 Å². The van der Waals surface area contributed by atoms with Gasteiger partial charge >= 0.3 is 5.97 Å². The molecule has 1 aromatic rings. The minimum absolute atomic E-state index is 0.176. The van der Waals surface area contributed by atoms with Gasteiger partial charge in [-0.1, -0.05) is 31.7 Å². The zero-order chi connectivity index (χ0) is 14.1. The summed E-state index contributed by atoms with van der Waals surface area (Å²) in [6, 6.07) is 7.46. The second-order valence-electron chi connectivity index (χ2n) is 6.78. The summed E-state index contributed by atoms with van der Waals surface area (Å²) < 4.78 is 5.93. The third-order valence-corrected chi connectivity index (χ3v) is 6.33. The molecule has 2 heteroatoms. The zero-order valence-corrected chi connectivity index (χ0v) is 12.1. The number of esters is 1. The van der Waals surface area contributed by atoms with Crippen molar-refractivity contribution < 1.29 is 9.53 Å². The first-order valence-corrected chi connectivity index (χ1v) is 7.51. The van der Waals surface area contributed by atoms with E-state index >= 15 is 0 Å². The zero-order valence-electron chi connectivity index (χ0n) is 12.1. The van der Waals surface area contributed by atoms with E-state index < -0.39 is 0 Å². The van der Waals surface area contributed by atoms with Crippen LogP contribution in [-0.2, 0) is 4.74 Å². The van der Waals surface area contributed by atoms with Crippen molar-refractivity contribution in [1.82, 2.24) is 0 Å². The Labute approximate surface area is 119 Å². The highest BCUT2D eigenvalue weighted by Crippen LogP contribution is 2.90. The second-order valence-corrected chi connectivity index (χ2v) is 6.78. The van der Waals surface area contributed by atoms with Crippen molar-refractivity contribution >= 4 is 12.0 Å². The van der Waals surface area contributed by atoms with Crippen LogP contribution in [0.25, 0.3) is 6.08 Å². The smallest absolute Gasteiger partial charge is 0.338 e. The third kappa shape index (κ3) is 1.19. The predicted molar refractivity (Wildman–Crippen MR) is 78.2 cm³/mol. The van der Waals surface area contributed by atoms with Gasteiger partial charge in [0.05, 0.1) is 5.56 Å². The normalized spacial score (nSPS) is 43.4. The SMILES string of the molecule is C=Cc1ccc(C(=O)OC2(C)C3CCC4[C@@H](C)C432)cc1. The van der Waals surface area contributed by atoms with Crippen molar-refractivity contribution in [2.45, 2.75) is 32.3 Å². The van der Waals surface area contributed by atoms with Crippen LogP contribution < -0.4 is 0 Å². The Balaban J connectivity index is 1.53. The fourth-order valence-electron chi connectivity index (χ4n) is 5.33. The van der Waals surface area contributed by atoms with Crippen molar-refractivity contribution in [3.05, 3.63) is 42.0 Å². The molecule has 2 nitrogen and oxygen atoms in total. The molecule has 4 rings (SSSR count). The summed E-state index contributed by atoms with van der Waals surface area (Å²) in [6.45, 7) is 8.18. The lowest BCUT2D eigenvalue weighted by molar-refractivity contribution is 0.0149. The van der Waals surface area contributed by atoms with Crippen LogP contribution in [0.4, 0.5) is 0 Å². The van der Waals surface area contributed by atoms with E-state index in [0.717, 1.165) is 17.4 Å². The van der Waals surface area contributed by atoms with Crippen LogP contribution in [0.2, 0.25) is 0 Å². The Morgan fingerprint density at radius 3 is 2.60 bits per heavy atom. The highest BCUT2D eigenvalue weighted by molar-refractivity contribution is 5.90. The minimum atomic E-state index is -0.205. The second kappa shape index (κ2) is 3.55. The van der Waals surface area contributed by atoms with Crippen molar-refractivity contribution in [2.24, 2.45) is 23.2 Å². The summed E-state index contributed by atoms with van der Waals surface area (Å²) in [5.41, 5.74) is 1.79. The van der Waals surface area contributed by atoms with Gasteiger partial charge in [-0.2, -0.15) is 0 Å². The molecular formula is C18H20O2. The molecular weight excluding hydrogens is 248 g/mol. The molecule has 0 aliphatic heterocycles. The number of benzene rings is 1. The molecule has 0 heterocycles. The lowest BCUT2D eigenvalue weighted by atomic mass is 10.1. The maximum atomic E-state index is 12.4. The van der Waals surface area contributed by atoms with Crippen LogP contribution in [-0.4, -0.2) is 11.6 Å². The predicted octanol–water partition coefficient (Wildman–Crippen LogP) is 3.92. The minimum Gasteiger partial charge on any atom is -0.455 e. The van der Waals surface area contributed by atoms with Crippen LogP contribution in [0.1, 0.15) is 42.6 Å². The van der Waals surface area contributed by atoms with Crippen molar-refractivity contribution in [3.8, 4) is 0 Å². The molecule has 0 radical (unpaired) electrons. The summed E-state index contributed by atoms with van der Waals surface area (Å²) in [5.74, 6) is 1.96.